The second-order valence-electron chi connectivity index (χ2n) is 2.91. The van der Waals surface area contributed by atoms with Crippen LogP contribution >= 0.6 is 0 Å². The van der Waals surface area contributed by atoms with Gasteiger partial charge in [0.1, 0.15) is 0 Å². The van der Waals surface area contributed by atoms with Crippen LogP contribution in [0.3, 0.4) is 0 Å². The van der Waals surface area contributed by atoms with Crippen molar-refractivity contribution in [1.29, 1.82) is 0 Å². The smallest absolute Gasteiger partial charge is 0.254 e. The second kappa shape index (κ2) is 3.86. The molecule has 0 atom stereocenters. The van der Waals surface area contributed by atoms with Gasteiger partial charge in [-0.1, -0.05) is 5.21 Å². The third kappa shape index (κ3) is 2.16. The van der Waals surface area contributed by atoms with E-state index in [9.17, 15) is 4.79 Å². The van der Waals surface area contributed by atoms with Gasteiger partial charge in [-0.3, -0.25) is 9.48 Å². The Hall–Kier alpha value is -2.25. The fourth-order valence-corrected chi connectivity index (χ4v) is 1.06. The van der Waals surface area contributed by atoms with Crippen LogP contribution in [0, 0.1) is 0 Å². The molecule has 0 spiro atoms. The number of carbonyl (C=O) groups excluding carboxylic acids is 1. The summed E-state index contributed by atoms with van der Waals surface area (Å²) in [7, 11) is 1.75. The highest BCUT2D eigenvalue weighted by Crippen LogP contribution is 1.96. The molecule has 2 aromatic heterocycles. The highest BCUT2D eigenvalue weighted by Gasteiger charge is 2.08. The Morgan fingerprint density at radius 3 is 3.13 bits per heavy atom. The van der Waals surface area contributed by atoms with Crippen LogP contribution in [0.2, 0.25) is 0 Å². The molecule has 0 aliphatic rings. The first-order valence-electron chi connectivity index (χ1n) is 4.25. The molecule has 0 saturated carbocycles. The van der Waals surface area contributed by atoms with E-state index in [-0.39, 0.29) is 12.5 Å². The van der Waals surface area contributed by atoms with Crippen LogP contribution in [0.4, 0.5) is 0 Å². The monoisotopic (exact) mass is 207 g/mol. The van der Waals surface area contributed by atoms with Gasteiger partial charge in [0.15, 0.2) is 5.82 Å². The maximum absolute atomic E-state index is 11.5. The molecule has 0 saturated heterocycles. The minimum atomic E-state index is -0.215. The van der Waals surface area contributed by atoms with Gasteiger partial charge in [0.05, 0.1) is 18.3 Å². The maximum atomic E-state index is 11.5. The van der Waals surface area contributed by atoms with Crippen molar-refractivity contribution in [3.8, 4) is 0 Å². The van der Waals surface area contributed by atoms with E-state index >= 15 is 0 Å². The molecule has 0 fully saturated rings. The van der Waals surface area contributed by atoms with Crippen molar-refractivity contribution in [2.45, 2.75) is 6.54 Å². The molecule has 0 aliphatic carbocycles. The Morgan fingerprint density at radius 2 is 2.53 bits per heavy atom. The molecule has 8 heteroatoms. The van der Waals surface area contributed by atoms with Crippen LogP contribution in [-0.4, -0.2) is 36.3 Å². The molecule has 1 amide bonds. The fourth-order valence-electron chi connectivity index (χ4n) is 1.06. The van der Waals surface area contributed by atoms with Crippen LogP contribution in [0.5, 0.6) is 0 Å². The lowest BCUT2D eigenvalue weighted by molar-refractivity contribution is 0.0950. The van der Waals surface area contributed by atoms with Gasteiger partial charge in [0.25, 0.3) is 5.91 Å². The van der Waals surface area contributed by atoms with Gasteiger partial charge in [-0.05, 0) is 0 Å². The van der Waals surface area contributed by atoms with E-state index in [2.05, 4.69) is 31.0 Å². The zero-order valence-electron chi connectivity index (χ0n) is 8.01. The zero-order chi connectivity index (χ0) is 10.7. The number of aryl methyl sites for hydroxylation is 1. The molecule has 2 aromatic rings. The summed E-state index contributed by atoms with van der Waals surface area (Å²) in [5, 5.41) is 19.6. The van der Waals surface area contributed by atoms with Gasteiger partial charge in [0, 0.05) is 13.2 Å². The molecule has 0 unspecified atom stereocenters. The highest BCUT2D eigenvalue weighted by atomic mass is 16.1. The largest absolute Gasteiger partial charge is 0.344 e. The first-order chi connectivity index (χ1) is 7.25. The molecule has 0 bridgehead atoms. The first kappa shape index (κ1) is 9.31. The molecule has 2 heterocycles. The van der Waals surface area contributed by atoms with Gasteiger partial charge >= 0.3 is 0 Å². The van der Waals surface area contributed by atoms with Crippen molar-refractivity contribution in [3.63, 3.8) is 0 Å². The molecule has 0 radical (unpaired) electrons. The van der Waals surface area contributed by atoms with Crippen LogP contribution in [-0.2, 0) is 13.6 Å². The molecule has 2 rings (SSSR count). The number of aromatic nitrogens is 6. The molecule has 8 nitrogen and oxygen atoms in total. The average Bonchev–Trinajstić information content (AvgIpc) is 2.84. The van der Waals surface area contributed by atoms with E-state index < -0.39 is 0 Å². The third-order valence-electron chi connectivity index (χ3n) is 1.76. The first-order valence-corrected chi connectivity index (χ1v) is 4.25. The Labute approximate surface area is 84.7 Å². The van der Waals surface area contributed by atoms with Gasteiger partial charge in [-0.25, -0.2) is 0 Å². The SMILES string of the molecule is Cn1cc(C(=O)NCc2nn[nH]n2)cn1. The van der Waals surface area contributed by atoms with E-state index in [0.29, 0.717) is 11.4 Å². The number of carbonyl (C=O) groups is 1. The van der Waals surface area contributed by atoms with Crippen molar-refractivity contribution < 1.29 is 4.79 Å². The second-order valence-corrected chi connectivity index (χ2v) is 2.91. The zero-order valence-corrected chi connectivity index (χ0v) is 8.01. The van der Waals surface area contributed by atoms with E-state index in [1.165, 1.54) is 6.20 Å². The number of hydrogen-bond acceptors (Lipinski definition) is 5. The Morgan fingerprint density at radius 1 is 1.67 bits per heavy atom. The van der Waals surface area contributed by atoms with Gasteiger partial charge in [-0.15, -0.1) is 10.2 Å². The third-order valence-corrected chi connectivity index (χ3v) is 1.76. The summed E-state index contributed by atoms with van der Waals surface area (Å²) in [6.45, 7) is 0.240. The number of amides is 1. The number of rotatable bonds is 3. The van der Waals surface area contributed by atoms with Crippen LogP contribution in [0.1, 0.15) is 16.2 Å². The van der Waals surface area contributed by atoms with Crippen molar-refractivity contribution >= 4 is 5.91 Å². The normalized spacial score (nSPS) is 10.2. The standard InChI is InChI=1S/C7H9N7O/c1-14-4-5(2-9-14)7(15)8-3-6-10-12-13-11-6/h2,4H,3H2,1H3,(H,8,15)(H,10,11,12,13). The average molecular weight is 207 g/mol. The number of tetrazole rings is 1. The molecule has 78 valence electrons. The molecule has 15 heavy (non-hydrogen) atoms. The summed E-state index contributed by atoms with van der Waals surface area (Å²) in [6, 6.07) is 0. The Kier molecular flexibility index (Phi) is 2.40. The lowest BCUT2D eigenvalue weighted by atomic mass is 10.3. The summed E-state index contributed by atoms with van der Waals surface area (Å²) in [5.74, 6) is 0.222. The van der Waals surface area contributed by atoms with Crippen LogP contribution in [0.25, 0.3) is 0 Å². The Bertz CT molecular complexity index is 446. The summed E-state index contributed by atoms with van der Waals surface area (Å²) in [6.07, 6.45) is 3.12. The van der Waals surface area contributed by atoms with E-state index in [1.807, 2.05) is 0 Å². The fraction of sp³-hybridized carbons (Fsp3) is 0.286. The molecular formula is C7H9N7O. The maximum Gasteiger partial charge on any atom is 0.254 e. The van der Waals surface area contributed by atoms with Crippen LogP contribution in [0.15, 0.2) is 12.4 Å². The number of hydrogen-bond donors (Lipinski definition) is 2. The summed E-state index contributed by atoms with van der Waals surface area (Å²) in [5.41, 5.74) is 0.501. The molecule has 0 aromatic carbocycles. The lowest BCUT2D eigenvalue weighted by Crippen LogP contribution is -2.23. The number of nitrogens with one attached hydrogen (secondary N) is 2. The van der Waals surface area contributed by atoms with Gasteiger partial charge < -0.3 is 5.32 Å². The van der Waals surface area contributed by atoms with Crippen molar-refractivity contribution in [2.75, 3.05) is 0 Å². The predicted octanol–water partition coefficient (Wildman–Crippen LogP) is -1.14. The minimum Gasteiger partial charge on any atom is -0.344 e. The Balaban J connectivity index is 1.93. The summed E-state index contributed by atoms with van der Waals surface area (Å²) >= 11 is 0. The highest BCUT2D eigenvalue weighted by molar-refractivity contribution is 5.93. The number of H-pyrrole nitrogens is 1. The minimum absolute atomic E-state index is 0.215. The number of nitrogens with zero attached hydrogens (tertiary/aromatic N) is 5. The summed E-state index contributed by atoms with van der Waals surface area (Å²) in [4.78, 5) is 11.5. The lowest BCUT2D eigenvalue weighted by Gasteiger charge is -1.98. The van der Waals surface area contributed by atoms with E-state index in [4.69, 9.17) is 0 Å². The van der Waals surface area contributed by atoms with Crippen LogP contribution < -0.4 is 5.32 Å². The van der Waals surface area contributed by atoms with Gasteiger partial charge in [0.2, 0.25) is 0 Å². The topological polar surface area (TPSA) is 101 Å². The van der Waals surface area contributed by atoms with Crippen molar-refractivity contribution in [1.82, 2.24) is 35.7 Å². The quantitative estimate of drug-likeness (QED) is 0.662. The number of aromatic amines is 1. The molecule has 0 aliphatic heterocycles. The van der Waals surface area contributed by atoms with Crippen molar-refractivity contribution in [3.05, 3.63) is 23.8 Å². The van der Waals surface area contributed by atoms with Gasteiger partial charge in [-0.2, -0.15) is 10.3 Å². The molecular weight excluding hydrogens is 198 g/mol. The van der Waals surface area contributed by atoms with E-state index in [1.54, 1.807) is 17.9 Å². The van der Waals surface area contributed by atoms with Crippen molar-refractivity contribution in [2.24, 2.45) is 7.05 Å². The van der Waals surface area contributed by atoms with E-state index in [0.717, 1.165) is 0 Å². The summed E-state index contributed by atoms with van der Waals surface area (Å²) < 4.78 is 1.56. The molecule has 2 N–H and O–H groups in total. The predicted molar refractivity (Wildman–Crippen MR) is 48.6 cm³/mol.